The van der Waals surface area contributed by atoms with E-state index in [4.69, 9.17) is 4.74 Å². The molecular formula is C15H15NO4S. The molecule has 0 saturated carbocycles. The summed E-state index contributed by atoms with van der Waals surface area (Å²) in [5.74, 6) is 0.165. The molecule has 5 nitrogen and oxygen atoms in total. The van der Waals surface area contributed by atoms with Crippen LogP contribution in [0.2, 0.25) is 0 Å². The molecule has 2 aromatic rings. The van der Waals surface area contributed by atoms with Gasteiger partial charge in [0.2, 0.25) is 0 Å². The zero-order valence-electron chi connectivity index (χ0n) is 11.6. The van der Waals surface area contributed by atoms with Crippen LogP contribution in [0.15, 0.2) is 47.4 Å². The van der Waals surface area contributed by atoms with Crippen molar-refractivity contribution >= 4 is 17.0 Å². The number of carbonyl (C=O) groups excluding carboxylic acids is 1. The Morgan fingerprint density at radius 3 is 2.52 bits per heavy atom. The number of carbonyl (C=O) groups is 1. The van der Waals surface area contributed by atoms with Crippen molar-refractivity contribution < 1.29 is 18.3 Å². The van der Waals surface area contributed by atoms with E-state index in [0.717, 1.165) is 11.1 Å². The summed E-state index contributed by atoms with van der Waals surface area (Å²) in [4.78, 5) is 11.8. The normalized spacial score (nSPS) is 11.8. The van der Waals surface area contributed by atoms with Crippen LogP contribution in [0, 0.1) is 0 Å². The summed E-state index contributed by atoms with van der Waals surface area (Å²) in [5, 5.41) is 2.56. The molecule has 0 radical (unpaired) electrons. The van der Waals surface area contributed by atoms with E-state index in [1.54, 1.807) is 43.4 Å². The van der Waals surface area contributed by atoms with Gasteiger partial charge in [0.25, 0.3) is 5.91 Å². The monoisotopic (exact) mass is 305 g/mol. The molecule has 2 aromatic carbocycles. The second kappa shape index (κ2) is 6.51. The quantitative estimate of drug-likeness (QED) is 0.850. The molecule has 110 valence electrons. The topological polar surface area (TPSA) is 75.6 Å². The van der Waals surface area contributed by atoms with Gasteiger partial charge in [0.05, 0.1) is 7.11 Å². The summed E-state index contributed by atoms with van der Waals surface area (Å²) in [6.07, 6.45) is 0. The molecule has 1 unspecified atom stereocenters. The maximum Gasteiger partial charge on any atom is 0.251 e. The Labute approximate surface area is 125 Å². The first kappa shape index (κ1) is 15.2. The van der Waals surface area contributed by atoms with Gasteiger partial charge in [0.1, 0.15) is 10.6 Å². The first-order chi connectivity index (χ1) is 10.1. The average Bonchev–Trinajstić information content (AvgIpc) is 2.53. The first-order valence-corrected chi connectivity index (χ1v) is 7.29. The Kier molecular flexibility index (Phi) is 4.72. The summed E-state index contributed by atoms with van der Waals surface area (Å²) in [6, 6.07) is 12.0. The lowest BCUT2D eigenvalue weighted by molar-refractivity contribution is 0.0963. The molecule has 1 amide bonds. The van der Waals surface area contributed by atoms with Gasteiger partial charge in [0.15, 0.2) is 11.1 Å². The van der Waals surface area contributed by atoms with Crippen LogP contribution in [0.1, 0.15) is 10.4 Å². The summed E-state index contributed by atoms with van der Waals surface area (Å²) < 4.78 is 25.7. The maximum absolute atomic E-state index is 11.7. The molecule has 0 spiro atoms. The fraction of sp³-hybridized carbons (Fsp3) is 0.133. The van der Waals surface area contributed by atoms with Crippen LogP contribution in [0.4, 0.5) is 0 Å². The van der Waals surface area contributed by atoms with Gasteiger partial charge in [-0.2, -0.15) is 0 Å². The molecular weight excluding hydrogens is 290 g/mol. The molecule has 0 heterocycles. The lowest BCUT2D eigenvalue weighted by atomic mass is 10.0. The third-order valence-corrected chi connectivity index (χ3v) is 3.73. The highest BCUT2D eigenvalue weighted by atomic mass is 32.2. The number of hydrogen-bond donors (Lipinski definition) is 2. The molecule has 0 aliphatic heterocycles. The van der Waals surface area contributed by atoms with Gasteiger partial charge in [-0.1, -0.05) is 18.2 Å². The first-order valence-electron chi connectivity index (χ1n) is 6.18. The van der Waals surface area contributed by atoms with Crippen LogP contribution in [0.25, 0.3) is 11.1 Å². The van der Waals surface area contributed by atoms with Crippen molar-refractivity contribution in [2.45, 2.75) is 4.90 Å². The van der Waals surface area contributed by atoms with Crippen molar-refractivity contribution in [1.82, 2.24) is 5.32 Å². The molecule has 0 aromatic heterocycles. The summed E-state index contributed by atoms with van der Waals surface area (Å²) >= 11 is -2.14. The van der Waals surface area contributed by atoms with Crippen LogP contribution in [0.3, 0.4) is 0 Å². The molecule has 2 N–H and O–H groups in total. The standard InChI is InChI=1S/C15H15NO4S/c1-16-15(17)12-5-3-4-10(8-12)11-6-7-13(20-2)14(9-11)21(18)19/h3-9H,1-2H3,(H,16,17)(H,18,19). The fourth-order valence-electron chi connectivity index (χ4n) is 1.98. The Bertz CT molecular complexity index is 700. The van der Waals surface area contributed by atoms with Crippen LogP contribution >= 0.6 is 0 Å². The van der Waals surface area contributed by atoms with E-state index in [1.807, 2.05) is 6.07 Å². The van der Waals surface area contributed by atoms with E-state index < -0.39 is 11.1 Å². The zero-order valence-corrected chi connectivity index (χ0v) is 12.4. The van der Waals surface area contributed by atoms with Crippen LogP contribution < -0.4 is 10.1 Å². The highest BCUT2D eigenvalue weighted by Gasteiger charge is 2.11. The van der Waals surface area contributed by atoms with E-state index >= 15 is 0 Å². The van der Waals surface area contributed by atoms with Gasteiger partial charge in [-0.25, -0.2) is 4.21 Å². The predicted molar refractivity (Wildman–Crippen MR) is 80.9 cm³/mol. The number of rotatable bonds is 4. The van der Waals surface area contributed by atoms with Crippen LogP contribution in [-0.2, 0) is 11.1 Å². The molecule has 21 heavy (non-hydrogen) atoms. The zero-order chi connectivity index (χ0) is 15.4. The van der Waals surface area contributed by atoms with Crippen molar-refractivity contribution in [2.24, 2.45) is 0 Å². The SMILES string of the molecule is CNC(=O)c1cccc(-c2ccc(OC)c(S(=O)O)c2)c1. The number of nitrogens with one attached hydrogen (secondary N) is 1. The predicted octanol–water partition coefficient (Wildman–Crippen LogP) is 2.30. The van der Waals surface area contributed by atoms with Gasteiger partial charge in [-0.15, -0.1) is 0 Å². The van der Waals surface area contributed by atoms with Crippen molar-refractivity contribution in [3.63, 3.8) is 0 Å². The van der Waals surface area contributed by atoms with Crippen molar-refractivity contribution in [1.29, 1.82) is 0 Å². The van der Waals surface area contributed by atoms with Crippen LogP contribution in [-0.4, -0.2) is 28.8 Å². The van der Waals surface area contributed by atoms with E-state index in [1.165, 1.54) is 7.11 Å². The van der Waals surface area contributed by atoms with Crippen molar-refractivity contribution in [3.8, 4) is 16.9 Å². The molecule has 0 saturated heterocycles. The molecule has 0 fully saturated rings. The molecule has 0 aliphatic rings. The summed E-state index contributed by atoms with van der Waals surface area (Å²) in [5.41, 5.74) is 2.04. The van der Waals surface area contributed by atoms with Gasteiger partial charge >= 0.3 is 0 Å². The fourth-order valence-corrected chi connectivity index (χ4v) is 2.53. The number of benzene rings is 2. The minimum Gasteiger partial charge on any atom is -0.495 e. The van der Waals surface area contributed by atoms with Gasteiger partial charge in [-0.3, -0.25) is 4.79 Å². The minimum absolute atomic E-state index is 0.184. The minimum atomic E-state index is -2.14. The summed E-state index contributed by atoms with van der Waals surface area (Å²) in [6.45, 7) is 0. The lowest BCUT2D eigenvalue weighted by Gasteiger charge is -2.09. The van der Waals surface area contributed by atoms with Crippen molar-refractivity contribution in [3.05, 3.63) is 48.0 Å². The van der Waals surface area contributed by atoms with Crippen molar-refractivity contribution in [2.75, 3.05) is 14.2 Å². The summed E-state index contributed by atoms with van der Waals surface area (Å²) in [7, 11) is 3.01. The highest BCUT2D eigenvalue weighted by Crippen LogP contribution is 2.29. The molecule has 1 atom stereocenters. The number of amides is 1. The molecule has 0 bridgehead atoms. The average molecular weight is 305 g/mol. The highest BCUT2D eigenvalue weighted by molar-refractivity contribution is 7.79. The van der Waals surface area contributed by atoms with E-state index in [9.17, 15) is 13.6 Å². The largest absolute Gasteiger partial charge is 0.495 e. The maximum atomic E-state index is 11.7. The Morgan fingerprint density at radius 1 is 1.19 bits per heavy atom. The molecule has 0 aliphatic carbocycles. The number of ether oxygens (including phenoxy) is 1. The third-order valence-electron chi connectivity index (χ3n) is 3.04. The second-order valence-corrected chi connectivity index (χ2v) is 5.21. The number of methoxy groups -OCH3 is 1. The van der Waals surface area contributed by atoms with E-state index in [-0.39, 0.29) is 10.8 Å². The van der Waals surface area contributed by atoms with Gasteiger partial charge in [0, 0.05) is 12.6 Å². The smallest absolute Gasteiger partial charge is 0.251 e. The lowest BCUT2D eigenvalue weighted by Crippen LogP contribution is -2.17. The van der Waals surface area contributed by atoms with Gasteiger partial charge < -0.3 is 14.6 Å². The number of hydrogen-bond acceptors (Lipinski definition) is 3. The van der Waals surface area contributed by atoms with E-state index in [2.05, 4.69) is 5.32 Å². The Morgan fingerprint density at radius 2 is 1.90 bits per heavy atom. The second-order valence-electron chi connectivity index (χ2n) is 4.27. The van der Waals surface area contributed by atoms with Crippen LogP contribution in [0.5, 0.6) is 5.75 Å². The van der Waals surface area contributed by atoms with E-state index in [0.29, 0.717) is 11.3 Å². The Balaban J connectivity index is 2.49. The third kappa shape index (κ3) is 3.29. The Hall–Kier alpha value is -2.18. The molecule has 6 heteroatoms. The molecule has 2 rings (SSSR count). The van der Waals surface area contributed by atoms with Gasteiger partial charge in [-0.05, 0) is 35.4 Å².